The maximum absolute atomic E-state index is 12.8. The Kier molecular flexibility index (Phi) is 5.39. The van der Waals surface area contributed by atoms with Crippen molar-refractivity contribution in [1.29, 1.82) is 0 Å². The minimum atomic E-state index is -2.28. The van der Waals surface area contributed by atoms with E-state index in [1.165, 1.54) is 19.4 Å². The van der Waals surface area contributed by atoms with Gasteiger partial charge in [-0.15, -0.1) is 11.3 Å². The number of nitrogens with one attached hydrogen (secondary N) is 1. The molecule has 13 nitrogen and oxygen atoms in total. The van der Waals surface area contributed by atoms with E-state index >= 15 is 0 Å². The van der Waals surface area contributed by atoms with Gasteiger partial charge in [-0.25, -0.2) is 9.78 Å². The highest BCUT2D eigenvalue weighted by atomic mass is 32.1. The van der Waals surface area contributed by atoms with Crippen molar-refractivity contribution in [3.05, 3.63) is 11.1 Å². The van der Waals surface area contributed by atoms with Crippen LogP contribution in [0.1, 0.15) is 25.5 Å². The molecule has 14 heteroatoms. The summed E-state index contributed by atoms with van der Waals surface area (Å²) in [6.45, 7) is 1.45. The number of hydrogen-bond donors (Lipinski definition) is 3. The van der Waals surface area contributed by atoms with Crippen LogP contribution >= 0.6 is 11.3 Å². The predicted octanol–water partition coefficient (Wildman–Crippen LogP) is -1.16. The van der Waals surface area contributed by atoms with Crippen LogP contribution in [0.25, 0.3) is 0 Å². The second-order valence-electron chi connectivity index (χ2n) is 6.15. The quantitative estimate of drug-likeness (QED) is 0.284. The van der Waals surface area contributed by atoms with E-state index in [0.717, 1.165) is 11.3 Å². The molecule has 0 aliphatic carbocycles. The first-order valence-corrected chi connectivity index (χ1v) is 9.17. The minimum absolute atomic E-state index is 0.134. The third kappa shape index (κ3) is 3.58. The van der Waals surface area contributed by atoms with Crippen LogP contribution < -0.4 is 11.1 Å². The number of amides is 2. The number of nitrogen functional groups attached to an aromatic ring is 1. The molecule has 1 unspecified atom stereocenters. The number of cyclic esters (lactones) is 1. The number of rotatable bonds is 6. The molecule has 0 bridgehead atoms. The summed E-state index contributed by atoms with van der Waals surface area (Å²) < 4.78 is 4.89. The molecule has 2 fully saturated rings. The van der Waals surface area contributed by atoms with Gasteiger partial charge in [-0.05, 0) is 6.92 Å². The number of esters is 1. The number of ether oxygens (including phenoxy) is 1. The van der Waals surface area contributed by atoms with Gasteiger partial charge in [-0.3, -0.25) is 19.2 Å². The molecule has 156 valence electrons. The van der Waals surface area contributed by atoms with Gasteiger partial charge >= 0.3 is 17.7 Å². The van der Waals surface area contributed by atoms with Gasteiger partial charge in [0.2, 0.25) is 0 Å². The Bertz CT molecular complexity index is 901. The summed E-state index contributed by atoms with van der Waals surface area (Å²) in [6.07, 6.45) is -1.43. The fraction of sp³-hybridized carbons (Fsp3) is 0.467. The lowest BCUT2D eigenvalue weighted by atomic mass is 10.1. The molecule has 4 N–H and O–H groups in total. The van der Waals surface area contributed by atoms with Gasteiger partial charge in [0, 0.05) is 11.8 Å². The van der Waals surface area contributed by atoms with E-state index in [9.17, 15) is 24.3 Å². The summed E-state index contributed by atoms with van der Waals surface area (Å²) in [5.74, 6) is -4.05. The van der Waals surface area contributed by atoms with Gasteiger partial charge < -0.3 is 25.7 Å². The van der Waals surface area contributed by atoms with E-state index in [4.69, 9.17) is 15.3 Å². The number of aromatic nitrogens is 1. The largest absolute Gasteiger partial charge is 0.477 e. The smallest absolute Gasteiger partial charge is 0.372 e. The first-order valence-electron chi connectivity index (χ1n) is 8.29. The Morgan fingerprint density at radius 2 is 2.24 bits per heavy atom. The second kappa shape index (κ2) is 7.63. The van der Waals surface area contributed by atoms with Crippen LogP contribution in [0.3, 0.4) is 0 Å². The number of nitrogens with two attached hydrogens (primary N) is 1. The molecule has 3 rings (SSSR count). The van der Waals surface area contributed by atoms with Gasteiger partial charge in [-0.2, -0.15) is 5.06 Å². The van der Waals surface area contributed by atoms with Crippen LogP contribution in [0, 0.1) is 0 Å². The van der Waals surface area contributed by atoms with Crippen molar-refractivity contribution in [2.75, 3.05) is 12.8 Å². The van der Waals surface area contributed by atoms with E-state index in [-0.39, 0.29) is 29.4 Å². The topological polar surface area (TPSA) is 183 Å². The van der Waals surface area contributed by atoms with Crippen LogP contribution in [0.15, 0.2) is 10.5 Å². The first-order chi connectivity index (χ1) is 13.7. The molecule has 0 spiro atoms. The lowest BCUT2D eigenvalue weighted by Gasteiger charge is -2.30. The fourth-order valence-corrected chi connectivity index (χ4v) is 3.44. The van der Waals surface area contributed by atoms with E-state index < -0.39 is 41.6 Å². The highest BCUT2D eigenvalue weighted by molar-refractivity contribution is 7.13. The fourth-order valence-electron chi connectivity index (χ4n) is 2.89. The third-order valence-electron chi connectivity index (χ3n) is 4.27. The number of carbonyl (C=O) groups excluding carboxylic acids is 3. The minimum Gasteiger partial charge on any atom is -0.477 e. The predicted molar refractivity (Wildman–Crippen MR) is 95.1 cm³/mol. The van der Waals surface area contributed by atoms with Crippen molar-refractivity contribution in [2.24, 2.45) is 5.16 Å². The lowest BCUT2D eigenvalue weighted by Crippen LogP contribution is -2.57. The van der Waals surface area contributed by atoms with E-state index in [2.05, 4.69) is 20.3 Å². The number of hydroxylamine groups is 2. The maximum Gasteiger partial charge on any atom is 0.372 e. The zero-order valence-electron chi connectivity index (χ0n) is 15.3. The molecular formula is C15H17N5O8S. The first kappa shape index (κ1) is 20.5. The standard InChI is InChI=1S/C15H17N5O8S/c1-6-9(18-11(22)10(19-26-2)7-5-29-14(16)17-7)12(23)20(28-6)15(13(24)25)4-3-8(21)27-15/h5-6,9H,3-4H2,1-2H3,(H2,16,17)(H,18,22)(H,24,25)/t6-,9+,15?/m1/s1. The number of thiazole rings is 1. The van der Waals surface area contributed by atoms with Crippen molar-refractivity contribution in [3.8, 4) is 0 Å². The van der Waals surface area contributed by atoms with E-state index in [1.807, 2.05) is 0 Å². The van der Waals surface area contributed by atoms with Gasteiger partial charge in [-0.1, -0.05) is 5.16 Å². The van der Waals surface area contributed by atoms with Crippen LogP contribution in [-0.2, 0) is 33.6 Å². The van der Waals surface area contributed by atoms with Gasteiger partial charge in [0.05, 0.1) is 6.42 Å². The average molecular weight is 427 g/mol. The number of oxime groups is 1. The maximum atomic E-state index is 12.8. The lowest BCUT2D eigenvalue weighted by molar-refractivity contribution is -0.266. The van der Waals surface area contributed by atoms with Crippen LogP contribution in [0.2, 0.25) is 0 Å². The summed E-state index contributed by atoms with van der Waals surface area (Å²) >= 11 is 1.08. The molecule has 0 aromatic carbocycles. The second-order valence-corrected chi connectivity index (χ2v) is 7.04. The summed E-state index contributed by atoms with van der Waals surface area (Å²) in [5.41, 5.74) is 3.18. The van der Waals surface area contributed by atoms with Crippen LogP contribution in [-0.4, -0.2) is 69.6 Å². The van der Waals surface area contributed by atoms with E-state index in [1.54, 1.807) is 0 Å². The summed E-state index contributed by atoms with van der Waals surface area (Å²) in [4.78, 5) is 62.6. The number of carboxylic acid groups (broad SMARTS) is 1. The third-order valence-corrected chi connectivity index (χ3v) is 4.94. The monoisotopic (exact) mass is 427 g/mol. The summed E-state index contributed by atoms with van der Waals surface area (Å²) in [5, 5.41) is 17.7. The van der Waals surface area contributed by atoms with Crippen LogP contribution in [0.5, 0.6) is 0 Å². The molecule has 1 aromatic rings. The Morgan fingerprint density at radius 1 is 1.52 bits per heavy atom. The van der Waals surface area contributed by atoms with Crippen molar-refractivity contribution < 1.29 is 38.7 Å². The number of carbonyl (C=O) groups is 4. The normalized spacial score (nSPS) is 27.1. The Balaban J connectivity index is 1.82. The van der Waals surface area contributed by atoms with Gasteiger partial charge in [0.1, 0.15) is 24.9 Å². The molecule has 1 aromatic heterocycles. The highest BCUT2D eigenvalue weighted by Gasteiger charge is 2.60. The molecule has 2 saturated heterocycles. The molecule has 3 atom stereocenters. The molecule has 2 amide bonds. The Morgan fingerprint density at radius 3 is 2.76 bits per heavy atom. The van der Waals surface area contributed by atoms with Crippen LogP contribution in [0.4, 0.5) is 5.13 Å². The summed E-state index contributed by atoms with van der Waals surface area (Å²) in [6, 6.07) is -1.27. The molecule has 0 radical (unpaired) electrons. The van der Waals surface area contributed by atoms with Gasteiger partial charge in [0.15, 0.2) is 10.8 Å². The number of carboxylic acids is 1. The number of aliphatic carboxylic acids is 1. The Hall–Kier alpha value is -3.26. The van der Waals surface area contributed by atoms with Gasteiger partial charge in [0.25, 0.3) is 11.8 Å². The summed E-state index contributed by atoms with van der Waals surface area (Å²) in [7, 11) is 1.22. The van der Waals surface area contributed by atoms with Crippen molar-refractivity contribution in [3.63, 3.8) is 0 Å². The molecule has 3 heterocycles. The molecule has 0 saturated carbocycles. The molecular weight excluding hydrogens is 410 g/mol. The van der Waals surface area contributed by atoms with Crippen molar-refractivity contribution >= 4 is 45.9 Å². The van der Waals surface area contributed by atoms with E-state index in [0.29, 0.717) is 5.06 Å². The highest BCUT2D eigenvalue weighted by Crippen LogP contribution is 2.35. The molecule has 29 heavy (non-hydrogen) atoms. The zero-order chi connectivity index (χ0) is 21.3. The SMILES string of the molecule is CON=C(C(=O)N[C@@H]1C(=O)N(C2(C(=O)O)CCC(=O)O2)O[C@@H]1C)c1csc(N)n1. The van der Waals surface area contributed by atoms with Crippen molar-refractivity contribution in [2.45, 2.75) is 37.6 Å². The molecule has 2 aliphatic heterocycles. The van der Waals surface area contributed by atoms with Crippen molar-refractivity contribution in [1.82, 2.24) is 15.4 Å². The Labute approximate surface area is 167 Å². The number of hydrogen-bond acceptors (Lipinski definition) is 11. The zero-order valence-corrected chi connectivity index (χ0v) is 16.1. The molecule has 2 aliphatic rings. The number of anilines is 1. The average Bonchev–Trinajstić information content (AvgIpc) is 3.34. The number of nitrogens with zero attached hydrogens (tertiary/aromatic N) is 3.